The lowest BCUT2D eigenvalue weighted by molar-refractivity contribution is -0.114. The Labute approximate surface area is 163 Å². The van der Waals surface area contributed by atoms with Crippen molar-refractivity contribution in [2.75, 3.05) is 10.6 Å². The van der Waals surface area contributed by atoms with E-state index < -0.39 is 0 Å². The summed E-state index contributed by atoms with van der Waals surface area (Å²) in [5.41, 5.74) is 3.51. The Morgan fingerprint density at radius 3 is 2.93 bits per heavy atom. The number of rotatable bonds is 6. The van der Waals surface area contributed by atoms with Gasteiger partial charge in [-0.25, -0.2) is 4.98 Å². The van der Waals surface area contributed by atoms with Crippen LogP contribution >= 0.6 is 23.1 Å². The Balaban J connectivity index is 1.39. The highest BCUT2D eigenvalue weighted by Gasteiger charge is 2.08. The topological polar surface area (TPSA) is 84.2 Å². The van der Waals surface area contributed by atoms with Crippen molar-refractivity contribution in [2.45, 2.75) is 17.0 Å². The molecule has 27 heavy (non-hydrogen) atoms. The molecule has 2 N–H and O–H groups in total. The SMILES string of the molecule is CC(=O)Nc1cccc(Nc2nnc(SCc3cn4ccccc4n3)s2)c1. The van der Waals surface area contributed by atoms with Gasteiger partial charge in [-0.1, -0.05) is 35.2 Å². The van der Waals surface area contributed by atoms with Crippen LogP contribution in [0.1, 0.15) is 12.6 Å². The number of imidazole rings is 1. The van der Waals surface area contributed by atoms with Crippen molar-refractivity contribution < 1.29 is 4.79 Å². The number of nitrogens with zero attached hydrogens (tertiary/aromatic N) is 4. The Bertz CT molecular complexity index is 1060. The standard InChI is InChI=1S/C18H16N6OS2/c1-12(25)19-13-5-4-6-14(9-13)21-17-22-23-18(27-17)26-11-15-10-24-8-3-2-7-16(24)20-15/h2-10H,11H2,1H3,(H,19,25)(H,21,22). The predicted octanol–water partition coefficient (Wildman–Crippen LogP) is 4.18. The molecule has 0 aliphatic carbocycles. The minimum Gasteiger partial charge on any atom is -0.330 e. The Hall–Kier alpha value is -2.91. The van der Waals surface area contributed by atoms with E-state index in [1.165, 1.54) is 18.3 Å². The summed E-state index contributed by atoms with van der Waals surface area (Å²) >= 11 is 3.09. The van der Waals surface area contributed by atoms with E-state index in [0.29, 0.717) is 5.13 Å². The average Bonchev–Trinajstić information content (AvgIpc) is 3.25. The molecular weight excluding hydrogens is 380 g/mol. The van der Waals surface area contributed by atoms with E-state index in [4.69, 9.17) is 0 Å². The second-order valence-electron chi connectivity index (χ2n) is 5.75. The van der Waals surface area contributed by atoms with Crippen LogP contribution in [0.4, 0.5) is 16.5 Å². The molecule has 1 aromatic carbocycles. The van der Waals surface area contributed by atoms with Crippen LogP contribution in [0, 0.1) is 0 Å². The third-order valence-corrected chi connectivity index (χ3v) is 5.60. The summed E-state index contributed by atoms with van der Waals surface area (Å²) in [4.78, 5) is 15.8. The maximum atomic E-state index is 11.2. The predicted molar refractivity (Wildman–Crippen MR) is 109 cm³/mol. The highest BCUT2D eigenvalue weighted by Crippen LogP contribution is 2.30. The van der Waals surface area contributed by atoms with Gasteiger partial charge in [0.15, 0.2) is 4.34 Å². The normalized spacial score (nSPS) is 10.9. The van der Waals surface area contributed by atoms with Gasteiger partial charge in [0, 0.05) is 36.4 Å². The average molecular weight is 397 g/mol. The summed E-state index contributed by atoms with van der Waals surface area (Å²) in [6.07, 6.45) is 4.01. The van der Waals surface area contributed by atoms with Crippen LogP contribution in [0.15, 0.2) is 59.2 Å². The van der Waals surface area contributed by atoms with Crippen LogP contribution in [0.25, 0.3) is 5.65 Å². The molecule has 7 nitrogen and oxygen atoms in total. The van der Waals surface area contributed by atoms with Crippen molar-refractivity contribution in [1.82, 2.24) is 19.6 Å². The van der Waals surface area contributed by atoms with Gasteiger partial charge in [-0.3, -0.25) is 4.79 Å². The highest BCUT2D eigenvalue weighted by atomic mass is 32.2. The minimum atomic E-state index is -0.103. The van der Waals surface area contributed by atoms with Gasteiger partial charge in [-0.05, 0) is 30.3 Å². The smallest absolute Gasteiger partial charge is 0.221 e. The number of hydrogen-bond donors (Lipinski definition) is 2. The largest absolute Gasteiger partial charge is 0.330 e. The first-order chi connectivity index (χ1) is 13.2. The van der Waals surface area contributed by atoms with Crippen LogP contribution in [0.5, 0.6) is 0 Å². The molecule has 136 valence electrons. The van der Waals surface area contributed by atoms with Gasteiger partial charge < -0.3 is 15.0 Å². The maximum Gasteiger partial charge on any atom is 0.221 e. The molecule has 3 aromatic heterocycles. The second kappa shape index (κ2) is 7.77. The van der Waals surface area contributed by atoms with E-state index in [9.17, 15) is 4.79 Å². The molecule has 3 heterocycles. The highest BCUT2D eigenvalue weighted by molar-refractivity contribution is 8.00. The van der Waals surface area contributed by atoms with E-state index in [-0.39, 0.29) is 5.91 Å². The zero-order chi connectivity index (χ0) is 18.6. The van der Waals surface area contributed by atoms with Gasteiger partial charge in [0.05, 0.1) is 5.69 Å². The number of amides is 1. The number of carbonyl (C=O) groups is 1. The molecule has 0 bridgehead atoms. The van der Waals surface area contributed by atoms with Gasteiger partial charge in [0.1, 0.15) is 5.65 Å². The molecule has 0 spiro atoms. The lowest BCUT2D eigenvalue weighted by Gasteiger charge is -2.05. The summed E-state index contributed by atoms with van der Waals surface area (Å²) in [6, 6.07) is 13.4. The van der Waals surface area contributed by atoms with Gasteiger partial charge in [0.2, 0.25) is 11.0 Å². The molecule has 0 aliphatic heterocycles. The molecule has 0 atom stereocenters. The monoisotopic (exact) mass is 396 g/mol. The number of thioether (sulfide) groups is 1. The van der Waals surface area contributed by atoms with Gasteiger partial charge in [-0.2, -0.15) is 0 Å². The molecule has 1 amide bonds. The third-order valence-electron chi connectivity index (χ3n) is 3.60. The third kappa shape index (κ3) is 4.44. The molecule has 0 fully saturated rings. The first-order valence-corrected chi connectivity index (χ1v) is 9.99. The number of nitrogens with one attached hydrogen (secondary N) is 2. The number of carbonyl (C=O) groups excluding carboxylic acids is 1. The quantitative estimate of drug-likeness (QED) is 0.476. The molecular formula is C18H16N6OS2. The van der Waals surface area contributed by atoms with Crippen molar-refractivity contribution in [3.05, 3.63) is 60.6 Å². The van der Waals surface area contributed by atoms with Gasteiger partial charge >= 0.3 is 0 Å². The molecule has 4 aromatic rings. The number of hydrogen-bond acceptors (Lipinski definition) is 7. The van der Waals surface area contributed by atoms with Crippen molar-refractivity contribution in [3.63, 3.8) is 0 Å². The fourth-order valence-corrected chi connectivity index (χ4v) is 4.17. The van der Waals surface area contributed by atoms with E-state index in [2.05, 4.69) is 25.8 Å². The fraction of sp³-hybridized carbons (Fsp3) is 0.111. The number of benzene rings is 1. The first kappa shape index (κ1) is 17.5. The van der Waals surface area contributed by atoms with Crippen molar-refractivity contribution in [3.8, 4) is 0 Å². The Kier molecular flexibility index (Phi) is 5.03. The maximum absolute atomic E-state index is 11.2. The number of fused-ring (bicyclic) bond motifs is 1. The minimum absolute atomic E-state index is 0.103. The summed E-state index contributed by atoms with van der Waals surface area (Å²) in [5.74, 6) is 0.627. The summed E-state index contributed by atoms with van der Waals surface area (Å²) in [5, 5.41) is 15.1. The molecule has 0 saturated heterocycles. The van der Waals surface area contributed by atoms with Crippen LogP contribution in [0.3, 0.4) is 0 Å². The van der Waals surface area contributed by atoms with Crippen LogP contribution < -0.4 is 10.6 Å². The van der Waals surface area contributed by atoms with Crippen molar-refractivity contribution in [2.24, 2.45) is 0 Å². The Morgan fingerprint density at radius 1 is 1.19 bits per heavy atom. The van der Waals surface area contributed by atoms with Crippen molar-refractivity contribution >= 4 is 51.2 Å². The molecule has 0 radical (unpaired) electrons. The van der Waals surface area contributed by atoms with Crippen LogP contribution in [-0.2, 0) is 10.5 Å². The van der Waals surface area contributed by atoms with Crippen LogP contribution in [0.2, 0.25) is 0 Å². The fourth-order valence-electron chi connectivity index (χ4n) is 2.51. The van der Waals surface area contributed by atoms with Crippen LogP contribution in [-0.4, -0.2) is 25.5 Å². The molecule has 9 heteroatoms. The molecule has 4 rings (SSSR count). The molecule has 0 saturated carbocycles. The number of aromatic nitrogens is 4. The molecule has 0 unspecified atom stereocenters. The summed E-state index contributed by atoms with van der Waals surface area (Å²) in [6.45, 7) is 1.48. The number of pyridine rings is 1. The van der Waals surface area contributed by atoms with E-state index in [0.717, 1.165) is 32.8 Å². The van der Waals surface area contributed by atoms with E-state index in [1.807, 2.05) is 59.3 Å². The lowest BCUT2D eigenvalue weighted by Crippen LogP contribution is -2.05. The number of anilines is 3. The summed E-state index contributed by atoms with van der Waals surface area (Å²) < 4.78 is 2.87. The van der Waals surface area contributed by atoms with Crippen molar-refractivity contribution in [1.29, 1.82) is 0 Å². The molecule has 0 aliphatic rings. The zero-order valence-electron chi connectivity index (χ0n) is 14.4. The second-order valence-corrected chi connectivity index (χ2v) is 7.95. The zero-order valence-corrected chi connectivity index (χ0v) is 16.0. The summed E-state index contributed by atoms with van der Waals surface area (Å²) in [7, 11) is 0. The van der Waals surface area contributed by atoms with E-state index >= 15 is 0 Å². The first-order valence-electron chi connectivity index (χ1n) is 8.19. The lowest BCUT2D eigenvalue weighted by atomic mass is 10.3. The van der Waals surface area contributed by atoms with E-state index in [1.54, 1.807) is 11.8 Å². The van der Waals surface area contributed by atoms with Gasteiger partial charge in [-0.15, -0.1) is 10.2 Å². The van der Waals surface area contributed by atoms with Gasteiger partial charge in [0.25, 0.3) is 0 Å². The Morgan fingerprint density at radius 2 is 2.07 bits per heavy atom.